The van der Waals surface area contributed by atoms with Crippen LogP contribution in [0.2, 0.25) is 0 Å². The number of benzene rings is 2. The van der Waals surface area contributed by atoms with Crippen LogP contribution >= 0.6 is 0 Å². The van der Waals surface area contributed by atoms with Crippen LogP contribution < -0.4 is 9.62 Å². The van der Waals surface area contributed by atoms with Crippen LogP contribution in [0, 0.1) is 5.82 Å². The molecule has 1 amide bonds. The van der Waals surface area contributed by atoms with Crippen molar-refractivity contribution in [3.05, 3.63) is 65.5 Å². The van der Waals surface area contributed by atoms with Crippen molar-refractivity contribution >= 4 is 27.4 Å². The molecule has 0 bridgehead atoms. The minimum atomic E-state index is -3.57. The van der Waals surface area contributed by atoms with Gasteiger partial charge in [0.05, 0.1) is 18.5 Å². The lowest BCUT2D eigenvalue weighted by Crippen LogP contribution is -2.38. The molecule has 2 rings (SSSR count). The molecule has 8 heteroatoms. The second-order valence-electron chi connectivity index (χ2n) is 5.70. The zero-order valence-corrected chi connectivity index (χ0v) is 15.2. The Balaban J connectivity index is 2.06. The summed E-state index contributed by atoms with van der Waals surface area (Å²) in [4.78, 5) is 23.3. The van der Waals surface area contributed by atoms with Gasteiger partial charge in [-0.2, -0.15) is 0 Å². The maximum Gasteiger partial charge on any atom is 0.251 e. The number of rotatable bonds is 7. The van der Waals surface area contributed by atoms with Gasteiger partial charge in [-0.1, -0.05) is 0 Å². The monoisotopic (exact) mass is 378 g/mol. The maximum absolute atomic E-state index is 12.9. The van der Waals surface area contributed by atoms with E-state index in [1.165, 1.54) is 31.2 Å². The molecule has 0 fully saturated rings. The van der Waals surface area contributed by atoms with E-state index in [-0.39, 0.29) is 24.4 Å². The van der Waals surface area contributed by atoms with Crippen molar-refractivity contribution in [1.82, 2.24) is 5.32 Å². The quantitative estimate of drug-likeness (QED) is 0.749. The Morgan fingerprint density at radius 1 is 1.00 bits per heavy atom. The van der Waals surface area contributed by atoms with E-state index < -0.39 is 21.7 Å². The van der Waals surface area contributed by atoms with Crippen LogP contribution in [-0.2, 0) is 10.0 Å². The summed E-state index contributed by atoms with van der Waals surface area (Å²) in [6.45, 7) is 1.51. The number of sulfonamides is 1. The van der Waals surface area contributed by atoms with Crippen LogP contribution in [0.4, 0.5) is 10.1 Å². The van der Waals surface area contributed by atoms with Gasteiger partial charge in [0.2, 0.25) is 10.0 Å². The highest BCUT2D eigenvalue weighted by molar-refractivity contribution is 7.92. The molecule has 0 aliphatic heterocycles. The molecule has 26 heavy (non-hydrogen) atoms. The predicted molar refractivity (Wildman–Crippen MR) is 97.4 cm³/mol. The maximum atomic E-state index is 12.9. The van der Waals surface area contributed by atoms with Crippen LogP contribution in [0.15, 0.2) is 48.5 Å². The number of anilines is 1. The first kappa shape index (κ1) is 19.6. The summed E-state index contributed by atoms with van der Waals surface area (Å²) in [5, 5.41) is 2.60. The molecule has 2 aromatic rings. The summed E-state index contributed by atoms with van der Waals surface area (Å²) in [5.74, 6) is -0.988. The third-order valence-electron chi connectivity index (χ3n) is 3.67. The molecule has 0 unspecified atom stereocenters. The number of amides is 1. The van der Waals surface area contributed by atoms with Gasteiger partial charge in [0.25, 0.3) is 5.91 Å². The number of ketones is 1. The Labute approximate surface area is 151 Å². The topological polar surface area (TPSA) is 83.6 Å². The third-order valence-corrected chi connectivity index (χ3v) is 4.86. The van der Waals surface area contributed by atoms with E-state index in [9.17, 15) is 22.4 Å². The fourth-order valence-electron chi connectivity index (χ4n) is 2.32. The first-order valence-corrected chi connectivity index (χ1v) is 9.66. The first-order valence-electron chi connectivity index (χ1n) is 7.81. The number of carbonyl (C=O) groups is 2. The van der Waals surface area contributed by atoms with Crippen molar-refractivity contribution in [1.29, 1.82) is 0 Å². The minimum absolute atomic E-state index is 0.0190. The van der Waals surface area contributed by atoms with Gasteiger partial charge in [-0.3, -0.25) is 13.9 Å². The molecular weight excluding hydrogens is 359 g/mol. The second kappa shape index (κ2) is 8.09. The predicted octanol–water partition coefficient (Wildman–Crippen LogP) is 2.22. The highest BCUT2D eigenvalue weighted by Gasteiger charge is 2.18. The Bertz CT molecular complexity index is 894. The van der Waals surface area contributed by atoms with Gasteiger partial charge in [0.1, 0.15) is 5.82 Å². The molecule has 0 aliphatic rings. The van der Waals surface area contributed by atoms with Crippen molar-refractivity contribution in [2.24, 2.45) is 0 Å². The largest absolute Gasteiger partial charge is 0.350 e. The van der Waals surface area contributed by atoms with Crippen LogP contribution in [-0.4, -0.2) is 39.5 Å². The van der Waals surface area contributed by atoms with Gasteiger partial charge in [-0.25, -0.2) is 12.8 Å². The van der Waals surface area contributed by atoms with Crippen LogP contribution in [0.1, 0.15) is 27.6 Å². The van der Waals surface area contributed by atoms with Gasteiger partial charge in [-0.15, -0.1) is 0 Å². The van der Waals surface area contributed by atoms with E-state index in [0.717, 1.165) is 10.6 Å². The smallest absolute Gasteiger partial charge is 0.251 e. The summed E-state index contributed by atoms with van der Waals surface area (Å²) in [6, 6.07) is 11.2. The molecule has 0 aliphatic carbocycles. The Kier molecular flexibility index (Phi) is 6.10. The molecule has 0 atom stereocenters. The van der Waals surface area contributed by atoms with Crippen molar-refractivity contribution in [2.75, 3.05) is 23.7 Å². The number of halogens is 1. The Morgan fingerprint density at radius 2 is 1.54 bits per heavy atom. The van der Waals surface area contributed by atoms with Gasteiger partial charge >= 0.3 is 0 Å². The molecule has 1 N–H and O–H groups in total. The van der Waals surface area contributed by atoms with E-state index >= 15 is 0 Å². The lowest BCUT2D eigenvalue weighted by Gasteiger charge is -2.22. The molecule has 6 nitrogen and oxygen atoms in total. The number of hydrogen-bond donors (Lipinski definition) is 1. The van der Waals surface area contributed by atoms with E-state index in [1.807, 2.05) is 0 Å². The Hall–Kier alpha value is -2.74. The first-order chi connectivity index (χ1) is 12.2. The average molecular weight is 378 g/mol. The summed E-state index contributed by atoms with van der Waals surface area (Å²) < 4.78 is 38.1. The van der Waals surface area contributed by atoms with Crippen LogP contribution in [0.5, 0.6) is 0 Å². The summed E-state index contributed by atoms with van der Waals surface area (Å²) in [5.41, 5.74) is 1.16. The van der Waals surface area contributed by atoms with Gasteiger partial charge in [0.15, 0.2) is 5.78 Å². The number of carbonyl (C=O) groups excluding carboxylic acids is 2. The van der Waals surface area contributed by atoms with Crippen molar-refractivity contribution in [3.63, 3.8) is 0 Å². The molecule has 0 saturated heterocycles. The summed E-state index contributed by atoms with van der Waals surface area (Å²) in [7, 11) is -3.57. The highest BCUT2D eigenvalue weighted by atomic mass is 32.2. The molecular formula is C18H19FN2O4S. The molecule has 0 aromatic heterocycles. The fourth-order valence-corrected chi connectivity index (χ4v) is 3.25. The van der Waals surface area contributed by atoms with Crippen molar-refractivity contribution in [2.45, 2.75) is 6.92 Å². The minimum Gasteiger partial charge on any atom is -0.350 e. The standard InChI is InChI=1S/C18H19FN2O4S/c1-13(22)14-5-9-17(10-6-14)21(26(2,24)25)12-11-20-18(23)15-3-7-16(19)8-4-15/h3-10H,11-12H2,1-2H3,(H,20,23). The molecule has 138 valence electrons. The van der Waals surface area contributed by atoms with E-state index in [0.29, 0.717) is 11.3 Å². The number of nitrogens with zero attached hydrogens (tertiary/aromatic N) is 1. The second-order valence-corrected chi connectivity index (χ2v) is 7.61. The lowest BCUT2D eigenvalue weighted by atomic mass is 10.1. The lowest BCUT2D eigenvalue weighted by molar-refractivity contribution is 0.0953. The van der Waals surface area contributed by atoms with E-state index in [1.54, 1.807) is 24.3 Å². The number of Topliss-reactive ketones (excluding diaryl/α,β-unsaturated/α-hetero) is 1. The molecule has 0 heterocycles. The van der Waals surface area contributed by atoms with Gasteiger partial charge < -0.3 is 5.32 Å². The summed E-state index contributed by atoms with van der Waals surface area (Å²) >= 11 is 0. The van der Waals surface area contributed by atoms with Crippen molar-refractivity contribution in [3.8, 4) is 0 Å². The van der Waals surface area contributed by atoms with Crippen LogP contribution in [0.3, 0.4) is 0 Å². The fraction of sp³-hybridized carbons (Fsp3) is 0.222. The third kappa shape index (κ3) is 5.13. The normalized spacial score (nSPS) is 11.0. The van der Waals surface area contributed by atoms with Gasteiger partial charge in [0, 0.05) is 17.7 Å². The molecule has 2 aromatic carbocycles. The highest BCUT2D eigenvalue weighted by Crippen LogP contribution is 2.18. The van der Waals surface area contributed by atoms with Crippen LogP contribution in [0.25, 0.3) is 0 Å². The van der Waals surface area contributed by atoms with E-state index in [2.05, 4.69) is 5.32 Å². The van der Waals surface area contributed by atoms with E-state index in [4.69, 9.17) is 0 Å². The number of nitrogens with one attached hydrogen (secondary N) is 1. The zero-order chi connectivity index (χ0) is 19.3. The summed E-state index contributed by atoms with van der Waals surface area (Å²) in [6.07, 6.45) is 1.06. The Morgan fingerprint density at radius 3 is 2.04 bits per heavy atom. The molecule has 0 radical (unpaired) electrons. The zero-order valence-electron chi connectivity index (χ0n) is 14.4. The average Bonchev–Trinajstić information content (AvgIpc) is 2.58. The molecule has 0 spiro atoms. The molecule has 0 saturated carbocycles. The SMILES string of the molecule is CC(=O)c1ccc(N(CCNC(=O)c2ccc(F)cc2)S(C)(=O)=O)cc1. The number of hydrogen-bond acceptors (Lipinski definition) is 4. The van der Waals surface area contributed by atoms with Gasteiger partial charge in [-0.05, 0) is 55.5 Å². The van der Waals surface area contributed by atoms with Crippen molar-refractivity contribution < 1.29 is 22.4 Å².